The van der Waals surface area contributed by atoms with Crippen molar-refractivity contribution in [3.63, 3.8) is 0 Å². The first-order valence-corrected chi connectivity index (χ1v) is 10.2. The first-order chi connectivity index (χ1) is 13.7. The van der Waals surface area contributed by atoms with Gasteiger partial charge >= 0.3 is 0 Å². The Hall–Kier alpha value is -2.86. The molecule has 1 amide bonds. The summed E-state index contributed by atoms with van der Waals surface area (Å²) in [6, 6.07) is 15.6. The third-order valence-corrected chi connectivity index (χ3v) is 5.35. The van der Waals surface area contributed by atoms with E-state index in [9.17, 15) is 4.79 Å². The van der Waals surface area contributed by atoms with Crippen molar-refractivity contribution < 1.29 is 14.3 Å². The molecule has 0 saturated heterocycles. The predicted molar refractivity (Wildman–Crippen MR) is 109 cm³/mol. The smallest absolute Gasteiger partial charge is 0.254 e. The molecule has 0 radical (unpaired) electrons. The molecule has 28 heavy (non-hydrogen) atoms. The van der Waals surface area contributed by atoms with Crippen molar-refractivity contribution in [1.82, 2.24) is 9.88 Å². The number of aromatic nitrogens is 1. The molecule has 1 saturated carbocycles. The number of nitrogens with zero attached hydrogens (tertiary/aromatic N) is 2. The Bertz CT molecular complexity index is 921. The second-order valence-corrected chi connectivity index (χ2v) is 7.53. The minimum absolute atomic E-state index is 0.0393. The Balaban J connectivity index is 1.46. The van der Waals surface area contributed by atoms with Crippen molar-refractivity contribution >= 4 is 17.2 Å². The van der Waals surface area contributed by atoms with Crippen molar-refractivity contribution in [3.8, 4) is 11.5 Å². The SMILES string of the molecule is COc1ccc(CN(C(=O)c2cccc(OCc3cscn3)c2)C2CC2)cc1. The summed E-state index contributed by atoms with van der Waals surface area (Å²) in [6.45, 7) is 0.997. The lowest BCUT2D eigenvalue weighted by molar-refractivity contribution is 0.0729. The van der Waals surface area contributed by atoms with E-state index in [1.54, 1.807) is 24.0 Å². The molecule has 2 aromatic carbocycles. The number of benzene rings is 2. The molecule has 4 rings (SSSR count). The second-order valence-electron chi connectivity index (χ2n) is 6.81. The molecule has 1 aromatic heterocycles. The summed E-state index contributed by atoms with van der Waals surface area (Å²) in [7, 11) is 1.65. The second kappa shape index (κ2) is 8.44. The molecular formula is C22H22N2O3S. The lowest BCUT2D eigenvalue weighted by Crippen LogP contribution is -2.32. The number of thiazole rings is 1. The Morgan fingerprint density at radius 3 is 2.68 bits per heavy atom. The van der Waals surface area contributed by atoms with E-state index in [0.717, 1.165) is 29.8 Å². The van der Waals surface area contributed by atoms with Crippen molar-refractivity contribution in [1.29, 1.82) is 0 Å². The van der Waals surface area contributed by atoms with Gasteiger partial charge < -0.3 is 14.4 Å². The summed E-state index contributed by atoms with van der Waals surface area (Å²) >= 11 is 1.54. The maximum atomic E-state index is 13.2. The number of amides is 1. The van der Waals surface area contributed by atoms with Crippen LogP contribution in [-0.4, -0.2) is 28.9 Å². The van der Waals surface area contributed by atoms with Gasteiger partial charge in [-0.15, -0.1) is 11.3 Å². The van der Waals surface area contributed by atoms with E-state index in [4.69, 9.17) is 9.47 Å². The first-order valence-electron chi connectivity index (χ1n) is 9.27. The molecule has 0 N–H and O–H groups in total. The summed E-state index contributed by atoms with van der Waals surface area (Å²) in [5.41, 5.74) is 4.42. The number of ether oxygens (including phenoxy) is 2. The number of hydrogen-bond donors (Lipinski definition) is 0. The zero-order valence-electron chi connectivity index (χ0n) is 15.7. The highest BCUT2D eigenvalue weighted by Gasteiger charge is 2.33. The largest absolute Gasteiger partial charge is 0.497 e. The summed E-state index contributed by atoms with van der Waals surface area (Å²) in [5, 5.41) is 1.96. The van der Waals surface area contributed by atoms with E-state index in [0.29, 0.717) is 30.5 Å². The van der Waals surface area contributed by atoms with Gasteiger partial charge in [0, 0.05) is 23.5 Å². The molecule has 0 unspecified atom stereocenters. The fourth-order valence-electron chi connectivity index (χ4n) is 3.03. The van der Waals surface area contributed by atoms with Crippen LogP contribution in [0.2, 0.25) is 0 Å². The van der Waals surface area contributed by atoms with Gasteiger partial charge in [0.15, 0.2) is 0 Å². The minimum atomic E-state index is 0.0393. The Morgan fingerprint density at radius 1 is 1.18 bits per heavy atom. The maximum absolute atomic E-state index is 13.2. The van der Waals surface area contributed by atoms with Gasteiger partial charge in [-0.2, -0.15) is 0 Å². The molecule has 0 bridgehead atoms. The van der Waals surface area contributed by atoms with Crippen LogP contribution in [0.3, 0.4) is 0 Å². The van der Waals surface area contributed by atoms with Gasteiger partial charge in [-0.05, 0) is 48.7 Å². The number of methoxy groups -OCH3 is 1. The minimum Gasteiger partial charge on any atom is -0.497 e. The summed E-state index contributed by atoms with van der Waals surface area (Å²) in [4.78, 5) is 19.4. The van der Waals surface area contributed by atoms with E-state index < -0.39 is 0 Å². The average molecular weight is 394 g/mol. The number of carbonyl (C=O) groups excluding carboxylic acids is 1. The molecule has 3 aromatic rings. The third-order valence-electron chi connectivity index (χ3n) is 4.71. The van der Waals surface area contributed by atoms with E-state index in [1.165, 1.54) is 0 Å². The zero-order chi connectivity index (χ0) is 19.3. The van der Waals surface area contributed by atoms with Crippen LogP contribution in [0, 0.1) is 0 Å². The summed E-state index contributed by atoms with van der Waals surface area (Å²) < 4.78 is 11.0. The third kappa shape index (κ3) is 4.51. The summed E-state index contributed by atoms with van der Waals surface area (Å²) in [5.74, 6) is 1.54. The van der Waals surface area contributed by atoms with Crippen LogP contribution in [0.4, 0.5) is 0 Å². The highest BCUT2D eigenvalue weighted by atomic mass is 32.1. The van der Waals surface area contributed by atoms with Gasteiger partial charge in [-0.1, -0.05) is 18.2 Å². The maximum Gasteiger partial charge on any atom is 0.254 e. The van der Waals surface area contributed by atoms with Crippen molar-refractivity contribution in [2.24, 2.45) is 0 Å². The Kier molecular flexibility index (Phi) is 5.58. The lowest BCUT2D eigenvalue weighted by Gasteiger charge is -2.23. The van der Waals surface area contributed by atoms with E-state index in [-0.39, 0.29) is 5.91 Å². The molecule has 0 spiro atoms. The average Bonchev–Trinajstić information content (AvgIpc) is 3.45. The van der Waals surface area contributed by atoms with Crippen LogP contribution in [0.5, 0.6) is 11.5 Å². The molecule has 6 heteroatoms. The number of hydrogen-bond acceptors (Lipinski definition) is 5. The molecule has 0 aliphatic heterocycles. The predicted octanol–water partition coefficient (Wildman–Crippen LogP) is 4.54. The highest BCUT2D eigenvalue weighted by molar-refractivity contribution is 7.07. The van der Waals surface area contributed by atoms with Gasteiger partial charge in [-0.25, -0.2) is 4.98 Å². The fourth-order valence-corrected chi connectivity index (χ4v) is 3.57. The lowest BCUT2D eigenvalue weighted by atomic mass is 10.1. The molecule has 1 heterocycles. The molecule has 0 atom stereocenters. The van der Waals surface area contributed by atoms with Gasteiger partial charge in [0.1, 0.15) is 18.1 Å². The normalized spacial score (nSPS) is 13.2. The molecule has 1 aliphatic rings. The Morgan fingerprint density at radius 2 is 2.00 bits per heavy atom. The Labute approximate surface area is 168 Å². The van der Waals surface area contributed by atoms with Crippen molar-refractivity contribution in [3.05, 3.63) is 76.2 Å². The van der Waals surface area contributed by atoms with Gasteiger partial charge in [0.2, 0.25) is 0 Å². The van der Waals surface area contributed by atoms with E-state index in [1.807, 2.05) is 58.8 Å². The fraction of sp³-hybridized carbons (Fsp3) is 0.273. The van der Waals surface area contributed by atoms with E-state index in [2.05, 4.69) is 4.98 Å². The number of rotatable bonds is 8. The zero-order valence-corrected chi connectivity index (χ0v) is 16.5. The van der Waals surface area contributed by atoms with E-state index >= 15 is 0 Å². The quantitative estimate of drug-likeness (QED) is 0.563. The van der Waals surface area contributed by atoms with Crippen molar-refractivity contribution in [2.75, 3.05) is 7.11 Å². The molecular weight excluding hydrogens is 372 g/mol. The monoisotopic (exact) mass is 394 g/mol. The first kappa shape index (κ1) is 18.5. The van der Waals surface area contributed by atoms with Gasteiger partial charge in [0.25, 0.3) is 5.91 Å². The van der Waals surface area contributed by atoms with Crippen LogP contribution in [0.25, 0.3) is 0 Å². The van der Waals surface area contributed by atoms with Gasteiger partial charge in [0.05, 0.1) is 18.3 Å². The van der Waals surface area contributed by atoms with Crippen LogP contribution in [-0.2, 0) is 13.2 Å². The topological polar surface area (TPSA) is 51.7 Å². The van der Waals surface area contributed by atoms with Crippen LogP contribution in [0.15, 0.2) is 59.4 Å². The van der Waals surface area contributed by atoms with Crippen molar-refractivity contribution in [2.45, 2.75) is 32.0 Å². The van der Waals surface area contributed by atoms with Crippen LogP contribution < -0.4 is 9.47 Å². The molecule has 1 fully saturated rings. The molecule has 1 aliphatic carbocycles. The van der Waals surface area contributed by atoms with Crippen LogP contribution >= 0.6 is 11.3 Å². The number of carbonyl (C=O) groups is 1. The highest BCUT2D eigenvalue weighted by Crippen LogP contribution is 2.30. The standard InChI is InChI=1S/C22H22N2O3S/c1-26-20-9-5-16(6-10-20)12-24(19-7-8-19)22(25)17-3-2-4-21(11-17)27-13-18-14-28-15-23-18/h2-6,9-11,14-15,19H,7-8,12-13H2,1H3. The van der Waals surface area contributed by atoms with Crippen LogP contribution in [0.1, 0.15) is 34.5 Å². The molecule has 5 nitrogen and oxygen atoms in total. The molecule has 144 valence electrons. The van der Waals surface area contributed by atoms with Gasteiger partial charge in [-0.3, -0.25) is 4.79 Å². The summed E-state index contributed by atoms with van der Waals surface area (Å²) in [6.07, 6.45) is 2.11.